The number of amides is 3. The van der Waals surface area contributed by atoms with Crippen LogP contribution in [0, 0.1) is 0 Å². The molecule has 0 bridgehead atoms. The van der Waals surface area contributed by atoms with E-state index in [1.54, 1.807) is 0 Å². The molecular formula is C23H28N4O2. The van der Waals surface area contributed by atoms with Crippen LogP contribution in [0.5, 0.6) is 0 Å². The van der Waals surface area contributed by atoms with Gasteiger partial charge in [-0.3, -0.25) is 4.79 Å². The molecule has 2 saturated heterocycles. The van der Waals surface area contributed by atoms with Crippen LogP contribution in [0.15, 0.2) is 60.7 Å². The first-order chi connectivity index (χ1) is 14.2. The van der Waals surface area contributed by atoms with E-state index >= 15 is 0 Å². The summed E-state index contributed by atoms with van der Waals surface area (Å²) in [5, 5.41) is 3.08. The van der Waals surface area contributed by atoms with Gasteiger partial charge in [0.05, 0.1) is 6.04 Å². The molecule has 1 N–H and O–H groups in total. The van der Waals surface area contributed by atoms with Gasteiger partial charge in [0, 0.05) is 51.4 Å². The molecule has 0 spiro atoms. The maximum atomic E-state index is 12.8. The van der Waals surface area contributed by atoms with Crippen LogP contribution in [0.3, 0.4) is 0 Å². The van der Waals surface area contributed by atoms with E-state index in [1.165, 1.54) is 5.69 Å². The number of carbonyl (C=O) groups is 2. The van der Waals surface area contributed by atoms with Crippen LogP contribution in [-0.2, 0) is 11.3 Å². The second-order valence-electron chi connectivity index (χ2n) is 7.77. The number of nitrogens with one attached hydrogen (secondary N) is 1. The maximum absolute atomic E-state index is 12.8. The Kier molecular flexibility index (Phi) is 5.98. The van der Waals surface area contributed by atoms with Crippen molar-refractivity contribution in [1.82, 2.24) is 15.1 Å². The molecule has 0 aromatic heterocycles. The lowest BCUT2D eigenvalue weighted by molar-refractivity contribution is -0.128. The molecule has 152 valence electrons. The van der Waals surface area contributed by atoms with Crippen LogP contribution < -0.4 is 10.2 Å². The summed E-state index contributed by atoms with van der Waals surface area (Å²) in [6, 6.07) is 20.1. The van der Waals surface area contributed by atoms with Crippen LogP contribution in [0.2, 0.25) is 0 Å². The first kappa shape index (κ1) is 19.3. The highest BCUT2D eigenvalue weighted by Crippen LogP contribution is 2.17. The smallest absolute Gasteiger partial charge is 0.317 e. The molecule has 2 aromatic rings. The fourth-order valence-electron chi connectivity index (χ4n) is 4.11. The van der Waals surface area contributed by atoms with E-state index in [0.717, 1.165) is 31.6 Å². The summed E-state index contributed by atoms with van der Waals surface area (Å²) in [5.74, 6) is 0.102. The van der Waals surface area contributed by atoms with Gasteiger partial charge in [0.25, 0.3) is 0 Å². The van der Waals surface area contributed by atoms with E-state index in [2.05, 4.69) is 22.3 Å². The van der Waals surface area contributed by atoms with E-state index in [4.69, 9.17) is 0 Å². The lowest BCUT2D eigenvalue weighted by Crippen LogP contribution is -2.47. The van der Waals surface area contributed by atoms with Gasteiger partial charge in [-0.2, -0.15) is 0 Å². The molecule has 0 aliphatic carbocycles. The molecule has 2 aliphatic rings. The highest BCUT2D eigenvalue weighted by molar-refractivity contribution is 5.81. The Hall–Kier alpha value is -3.02. The number of likely N-dealkylation sites (tertiary alicyclic amines) is 1. The Morgan fingerprint density at radius 2 is 1.66 bits per heavy atom. The first-order valence-electron chi connectivity index (χ1n) is 10.4. The van der Waals surface area contributed by atoms with Gasteiger partial charge in [-0.1, -0.05) is 48.5 Å². The first-order valence-corrected chi connectivity index (χ1v) is 10.4. The third kappa shape index (κ3) is 4.88. The van der Waals surface area contributed by atoms with Gasteiger partial charge in [-0.15, -0.1) is 0 Å². The van der Waals surface area contributed by atoms with E-state index in [9.17, 15) is 9.59 Å². The molecule has 2 aliphatic heterocycles. The zero-order valence-corrected chi connectivity index (χ0v) is 16.7. The molecule has 6 heteroatoms. The number of benzene rings is 2. The van der Waals surface area contributed by atoms with Gasteiger partial charge in [-0.25, -0.2) is 4.79 Å². The minimum absolute atomic E-state index is 0.0562. The Morgan fingerprint density at radius 3 is 2.41 bits per heavy atom. The number of hydrogen-bond donors (Lipinski definition) is 1. The van der Waals surface area contributed by atoms with E-state index in [-0.39, 0.29) is 18.0 Å². The van der Waals surface area contributed by atoms with E-state index in [0.29, 0.717) is 26.1 Å². The van der Waals surface area contributed by atoms with Gasteiger partial charge >= 0.3 is 6.03 Å². The summed E-state index contributed by atoms with van der Waals surface area (Å²) in [4.78, 5) is 31.2. The average molecular weight is 393 g/mol. The van der Waals surface area contributed by atoms with Crippen LogP contribution in [0.1, 0.15) is 18.4 Å². The number of anilines is 1. The van der Waals surface area contributed by atoms with Gasteiger partial charge < -0.3 is 20.0 Å². The number of nitrogens with zero attached hydrogens (tertiary/aromatic N) is 3. The Balaban J connectivity index is 1.29. The standard InChI is InChI=1S/C23H28N4O2/c28-22-16-20(18-27(22)17-19-8-3-1-4-9-19)24-23(29)26-13-7-12-25(14-15-26)21-10-5-2-6-11-21/h1-6,8-11,20H,7,12-18H2,(H,24,29)/t20-/m1/s1. The van der Waals surface area contributed by atoms with Gasteiger partial charge in [0.2, 0.25) is 5.91 Å². The Morgan fingerprint density at radius 1 is 0.931 bits per heavy atom. The summed E-state index contributed by atoms with van der Waals surface area (Å²) in [6.45, 7) is 4.37. The van der Waals surface area contributed by atoms with Gasteiger partial charge in [0.1, 0.15) is 0 Å². The normalized spacial score (nSPS) is 19.9. The molecule has 0 radical (unpaired) electrons. The molecular weight excluding hydrogens is 364 g/mol. The van der Waals surface area contributed by atoms with Crippen molar-refractivity contribution in [2.75, 3.05) is 37.6 Å². The van der Waals surface area contributed by atoms with Crippen molar-refractivity contribution in [2.45, 2.75) is 25.4 Å². The fourth-order valence-corrected chi connectivity index (χ4v) is 4.11. The van der Waals surface area contributed by atoms with Crippen LogP contribution in [0.4, 0.5) is 10.5 Å². The predicted molar refractivity (Wildman–Crippen MR) is 114 cm³/mol. The molecule has 2 aromatic carbocycles. The molecule has 2 fully saturated rings. The van der Waals surface area contributed by atoms with E-state index < -0.39 is 0 Å². The monoisotopic (exact) mass is 392 g/mol. The fraction of sp³-hybridized carbons (Fsp3) is 0.391. The molecule has 0 unspecified atom stereocenters. The molecule has 6 nitrogen and oxygen atoms in total. The third-order valence-corrected chi connectivity index (χ3v) is 5.66. The van der Waals surface area contributed by atoms with Crippen molar-refractivity contribution in [3.63, 3.8) is 0 Å². The summed E-state index contributed by atoms with van der Waals surface area (Å²) in [6.07, 6.45) is 1.31. The zero-order valence-electron chi connectivity index (χ0n) is 16.7. The number of para-hydroxylation sites is 1. The molecule has 3 amide bonds. The molecule has 0 saturated carbocycles. The lowest BCUT2D eigenvalue weighted by atomic mass is 10.2. The summed E-state index contributed by atoms with van der Waals surface area (Å²) < 4.78 is 0. The number of rotatable bonds is 4. The third-order valence-electron chi connectivity index (χ3n) is 5.66. The van der Waals surface area contributed by atoms with Crippen molar-refractivity contribution in [3.05, 3.63) is 66.2 Å². The quantitative estimate of drug-likeness (QED) is 0.871. The SMILES string of the molecule is O=C1C[C@@H](NC(=O)N2CCCN(c3ccccc3)CC2)CN1Cc1ccccc1. The van der Waals surface area contributed by atoms with Crippen LogP contribution in [0.25, 0.3) is 0 Å². The Bertz CT molecular complexity index is 827. The summed E-state index contributed by atoms with van der Waals surface area (Å²) >= 11 is 0. The average Bonchev–Trinajstić information content (AvgIpc) is 2.94. The second-order valence-corrected chi connectivity index (χ2v) is 7.77. The second kappa shape index (κ2) is 8.99. The zero-order chi connectivity index (χ0) is 20.1. The van der Waals surface area contributed by atoms with Crippen molar-refractivity contribution >= 4 is 17.6 Å². The topological polar surface area (TPSA) is 55.9 Å². The minimum Gasteiger partial charge on any atom is -0.370 e. The highest BCUT2D eigenvalue weighted by Gasteiger charge is 2.31. The lowest BCUT2D eigenvalue weighted by Gasteiger charge is -2.25. The largest absolute Gasteiger partial charge is 0.370 e. The number of urea groups is 1. The van der Waals surface area contributed by atoms with Gasteiger partial charge in [0.15, 0.2) is 0 Å². The van der Waals surface area contributed by atoms with E-state index in [1.807, 2.05) is 58.3 Å². The van der Waals surface area contributed by atoms with Crippen molar-refractivity contribution in [1.29, 1.82) is 0 Å². The number of hydrogen-bond acceptors (Lipinski definition) is 3. The summed E-state index contributed by atoms with van der Waals surface area (Å²) in [5.41, 5.74) is 2.31. The highest BCUT2D eigenvalue weighted by atomic mass is 16.2. The van der Waals surface area contributed by atoms with Crippen LogP contribution >= 0.6 is 0 Å². The Labute approximate surface area is 172 Å². The molecule has 29 heavy (non-hydrogen) atoms. The number of carbonyl (C=O) groups excluding carboxylic acids is 2. The van der Waals surface area contributed by atoms with Gasteiger partial charge in [-0.05, 0) is 24.1 Å². The molecule has 2 heterocycles. The van der Waals surface area contributed by atoms with Crippen molar-refractivity contribution in [2.24, 2.45) is 0 Å². The van der Waals surface area contributed by atoms with Crippen molar-refractivity contribution < 1.29 is 9.59 Å². The van der Waals surface area contributed by atoms with Crippen LogP contribution in [-0.4, -0.2) is 60.5 Å². The molecule has 1 atom stereocenters. The predicted octanol–water partition coefficient (Wildman–Crippen LogP) is 2.71. The summed E-state index contributed by atoms with van der Waals surface area (Å²) in [7, 11) is 0. The molecule has 4 rings (SSSR count). The van der Waals surface area contributed by atoms with Crippen molar-refractivity contribution in [3.8, 4) is 0 Å². The maximum Gasteiger partial charge on any atom is 0.317 e. The minimum atomic E-state index is -0.118.